The van der Waals surface area contributed by atoms with E-state index in [1.165, 1.54) is 63.7 Å². The van der Waals surface area contributed by atoms with Crippen LogP contribution in [0.5, 0.6) is 0 Å². The van der Waals surface area contributed by atoms with Gasteiger partial charge in [-0.05, 0) is 75.1 Å². The SMILES string of the molecule is c1ccc2c(c1)NCC21CCN(C2CCC3CCC2C3)CC1. The lowest BCUT2D eigenvalue weighted by Gasteiger charge is -2.45. The van der Waals surface area contributed by atoms with Crippen molar-refractivity contribution in [3.63, 3.8) is 0 Å². The van der Waals surface area contributed by atoms with Gasteiger partial charge in [0.15, 0.2) is 0 Å². The van der Waals surface area contributed by atoms with Crippen LogP contribution < -0.4 is 5.32 Å². The van der Waals surface area contributed by atoms with Crippen molar-refractivity contribution in [2.75, 3.05) is 25.0 Å². The van der Waals surface area contributed by atoms with Crippen LogP contribution in [0, 0.1) is 11.8 Å². The third-order valence-electron chi connectivity index (χ3n) is 7.34. The number of piperidine rings is 1. The van der Waals surface area contributed by atoms with Crippen LogP contribution in [0.25, 0.3) is 0 Å². The molecule has 2 aliphatic carbocycles. The smallest absolute Gasteiger partial charge is 0.0379 e. The zero-order valence-electron chi connectivity index (χ0n) is 13.6. The lowest BCUT2D eigenvalue weighted by atomic mass is 9.73. The molecule has 2 nitrogen and oxygen atoms in total. The molecule has 118 valence electrons. The summed E-state index contributed by atoms with van der Waals surface area (Å²) in [5.74, 6) is 2.12. The van der Waals surface area contributed by atoms with Gasteiger partial charge in [-0.2, -0.15) is 0 Å². The van der Waals surface area contributed by atoms with Crippen molar-refractivity contribution in [3.05, 3.63) is 29.8 Å². The topological polar surface area (TPSA) is 15.3 Å². The summed E-state index contributed by atoms with van der Waals surface area (Å²) in [6.45, 7) is 3.81. The first-order chi connectivity index (χ1) is 10.8. The summed E-state index contributed by atoms with van der Waals surface area (Å²) >= 11 is 0. The van der Waals surface area contributed by atoms with Gasteiger partial charge in [0.2, 0.25) is 0 Å². The Morgan fingerprint density at radius 1 is 1.00 bits per heavy atom. The minimum atomic E-state index is 0.431. The molecule has 2 aliphatic heterocycles. The lowest BCUT2D eigenvalue weighted by Crippen LogP contribution is -2.50. The molecule has 22 heavy (non-hydrogen) atoms. The maximum atomic E-state index is 3.66. The normalized spacial score (nSPS) is 36.3. The van der Waals surface area contributed by atoms with Gasteiger partial charge in [-0.1, -0.05) is 24.6 Å². The second-order valence-corrected chi connectivity index (χ2v) is 8.30. The van der Waals surface area contributed by atoms with Gasteiger partial charge < -0.3 is 10.2 Å². The Kier molecular flexibility index (Phi) is 3.04. The summed E-state index contributed by atoms with van der Waals surface area (Å²) in [6.07, 6.45) is 10.3. The molecule has 1 N–H and O–H groups in total. The van der Waals surface area contributed by atoms with Crippen molar-refractivity contribution < 1.29 is 0 Å². The molecule has 1 aromatic rings. The van der Waals surface area contributed by atoms with E-state index >= 15 is 0 Å². The van der Waals surface area contributed by atoms with Gasteiger partial charge in [0, 0.05) is 23.7 Å². The molecule has 0 radical (unpaired) electrons. The van der Waals surface area contributed by atoms with E-state index in [0.717, 1.165) is 24.4 Å². The van der Waals surface area contributed by atoms with Crippen LogP contribution in [0.15, 0.2) is 24.3 Å². The molecule has 5 rings (SSSR count). The monoisotopic (exact) mass is 296 g/mol. The molecule has 0 amide bonds. The van der Waals surface area contributed by atoms with Crippen LogP contribution >= 0.6 is 0 Å². The molecule has 1 aromatic carbocycles. The summed E-state index contributed by atoms with van der Waals surface area (Å²) in [5.41, 5.74) is 3.42. The van der Waals surface area contributed by atoms with Gasteiger partial charge in [0.1, 0.15) is 0 Å². The summed E-state index contributed by atoms with van der Waals surface area (Å²) in [6, 6.07) is 9.93. The molecule has 3 fully saturated rings. The first-order valence-electron chi connectivity index (χ1n) is 9.42. The predicted molar refractivity (Wildman–Crippen MR) is 91.3 cm³/mol. The molecule has 2 heteroatoms. The number of fused-ring (bicyclic) bond motifs is 4. The summed E-state index contributed by atoms with van der Waals surface area (Å²) in [7, 11) is 0. The molecule has 4 aliphatic rings. The summed E-state index contributed by atoms with van der Waals surface area (Å²) < 4.78 is 0. The van der Waals surface area contributed by atoms with Crippen molar-refractivity contribution in [2.24, 2.45) is 11.8 Å². The Labute approximate surface area is 134 Å². The Morgan fingerprint density at radius 3 is 2.73 bits per heavy atom. The molecule has 3 atom stereocenters. The van der Waals surface area contributed by atoms with E-state index < -0.39 is 0 Å². The Bertz CT molecular complexity index is 559. The molecule has 2 saturated carbocycles. The van der Waals surface area contributed by atoms with Gasteiger partial charge in [-0.25, -0.2) is 0 Å². The number of nitrogens with one attached hydrogen (secondary N) is 1. The minimum Gasteiger partial charge on any atom is -0.384 e. The van der Waals surface area contributed by atoms with Crippen molar-refractivity contribution >= 4 is 5.69 Å². The molecule has 1 saturated heterocycles. The van der Waals surface area contributed by atoms with Crippen LogP contribution in [-0.4, -0.2) is 30.6 Å². The van der Waals surface area contributed by atoms with Crippen molar-refractivity contribution in [2.45, 2.75) is 56.4 Å². The van der Waals surface area contributed by atoms with E-state index in [0.29, 0.717) is 5.41 Å². The van der Waals surface area contributed by atoms with Gasteiger partial charge in [-0.3, -0.25) is 0 Å². The number of likely N-dealkylation sites (tertiary alicyclic amines) is 1. The number of rotatable bonds is 1. The number of benzene rings is 1. The average molecular weight is 296 g/mol. The Morgan fingerprint density at radius 2 is 1.82 bits per heavy atom. The number of anilines is 1. The molecule has 1 spiro atoms. The second kappa shape index (κ2) is 4.99. The van der Waals surface area contributed by atoms with E-state index in [1.54, 1.807) is 5.56 Å². The van der Waals surface area contributed by atoms with E-state index in [1.807, 2.05) is 0 Å². The standard InChI is InChI=1S/C20H28N2/c1-2-4-18-17(3-1)20(14-21-18)9-11-22(12-10-20)19-8-6-15-5-7-16(19)13-15/h1-4,15-16,19,21H,5-14H2. The zero-order valence-corrected chi connectivity index (χ0v) is 13.6. The van der Waals surface area contributed by atoms with Gasteiger partial charge in [0.25, 0.3) is 0 Å². The van der Waals surface area contributed by atoms with Crippen molar-refractivity contribution in [1.82, 2.24) is 4.90 Å². The summed E-state index contributed by atoms with van der Waals surface area (Å²) in [4.78, 5) is 2.87. The highest BCUT2D eigenvalue weighted by molar-refractivity contribution is 5.60. The van der Waals surface area contributed by atoms with Gasteiger partial charge in [-0.15, -0.1) is 0 Å². The number of nitrogens with zero attached hydrogens (tertiary/aromatic N) is 1. The molecule has 2 bridgehead atoms. The highest BCUT2D eigenvalue weighted by Gasteiger charge is 2.45. The highest BCUT2D eigenvalue weighted by Crippen LogP contribution is 2.47. The Hall–Kier alpha value is -1.02. The first-order valence-corrected chi connectivity index (χ1v) is 9.42. The summed E-state index contributed by atoms with van der Waals surface area (Å²) in [5, 5.41) is 3.66. The third-order valence-corrected chi connectivity index (χ3v) is 7.34. The lowest BCUT2D eigenvalue weighted by molar-refractivity contribution is 0.0668. The van der Waals surface area contributed by atoms with Gasteiger partial charge >= 0.3 is 0 Å². The fraction of sp³-hybridized carbons (Fsp3) is 0.700. The molecular formula is C20H28N2. The van der Waals surface area contributed by atoms with E-state index in [9.17, 15) is 0 Å². The fourth-order valence-corrected chi connectivity index (χ4v) is 6.04. The molecule has 2 heterocycles. The van der Waals surface area contributed by atoms with Crippen molar-refractivity contribution in [3.8, 4) is 0 Å². The third kappa shape index (κ3) is 1.96. The highest BCUT2D eigenvalue weighted by atomic mass is 15.2. The second-order valence-electron chi connectivity index (χ2n) is 8.30. The molecular weight excluding hydrogens is 268 g/mol. The van der Waals surface area contributed by atoms with Crippen LogP contribution in [0.4, 0.5) is 5.69 Å². The van der Waals surface area contributed by atoms with Crippen LogP contribution in [-0.2, 0) is 5.41 Å². The Balaban J connectivity index is 1.32. The fourth-order valence-electron chi connectivity index (χ4n) is 6.04. The van der Waals surface area contributed by atoms with E-state index in [2.05, 4.69) is 34.5 Å². The maximum Gasteiger partial charge on any atom is 0.0379 e. The quantitative estimate of drug-likeness (QED) is 0.842. The van der Waals surface area contributed by atoms with E-state index in [-0.39, 0.29) is 0 Å². The predicted octanol–water partition coefficient (Wildman–Crippen LogP) is 4.02. The maximum absolute atomic E-state index is 3.66. The van der Waals surface area contributed by atoms with Crippen LogP contribution in [0.1, 0.15) is 50.5 Å². The number of hydrogen-bond donors (Lipinski definition) is 1. The van der Waals surface area contributed by atoms with E-state index in [4.69, 9.17) is 0 Å². The molecule has 3 unspecified atom stereocenters. The van der Waals surface area contributed by atoms with Gasteiger partial charge in [0.05, 0.1) is 0 Å². The number of para-hydroxylation sites is 1. The minimum absolute atomic E-state index is 0.431. The van der Waals surface area contributed by atoms with Crippen molar-refractivity contribution in [1.29, 1.82) is 0 Å². The zero-order chi connectivity index (χ0) is 14.6. The van der Waals surface area contributed by atoms with Crippen LogP contribution in [0.3, 0.4) is 0 Å². The first kappa shape index (κ1) is 13.4. The molecule has 0 aromatic heterocycles. The number of hydrogen-bond acceptors (Lipinski definition) is 2. The largest absolute Gasteiger partial charge is 0.384 e. The average Bonchev–Trinajstić information content (AvgIpc) is 3.12. The van der Waals surface area contributed by atoms with Crippen LogP contribution in [0.2, 0.25) is 0 Å².